The van der Waals surface area contributed by atoms with Crippen molar-refractivity contribution in [1.29, 1.82) is 0 Å². The lowest BCUT2D eigenvalue weighted by molar-refractivity contribution is -0.127. The van der Waals surface area contributed by atoms with Gasteiger partial charge in [0, 0.05) is 12.5 Å². The molecule has 1 saturated carbocycles. The second-order valence-corrected chi connectivity index (χ2v) is 7.76. The Morgan fingerprint density at radius 3 is 2.30 bits per heavy atom. The molecule has 30 heavy (non-hydrogen) atoms. The van der Waals surface area contributed by atoms with Gasteiger partial charge in [-0.15, -0.1) is 0 Å². The molecule has 1 aliphatic rings. The van der Waals surface area contributed by atoms with E-state index in [4.69, 9.17) is 14.6 Å². The van der Waals surface area contributed by atoms with E-state index < -0.39 is 5.97 Å². The Labute approximate surface area is 177 Å². The largest absolute Gasteiger partial charge is 0.493 e. The van der Waals surface area contributed by atoms with E-state index in [1.54, 1.807) is 38.5 Å². The van der Waals surface area contributed by atoms with Crippen LogP contribution in [0.2, 0.25) is 0 Å². The average Bonchev–Trinajstić information content (AvgIpc) is 2.78. The van der Waals surface area contributed by atoms with Gasteiger partial charge in [0.25, 0.3) is 0 Å². The molecule has 0 aromatic heterocycles. The second kappa shape index (κ2) is 10.1. The van der Waals surface area contributed by atoms with E-state index in [9.17, 15) is 9.59 Å². The first-order chi connectivity index (χ1) is 14.5. The summed E-state index contributed by atoms with van der Waals surface area (Å²) in [6.45, 7) is 0.401. The number of carbonyl (C=O) groups is 2. The fourth-order valence-corrected chi connectivity index (χ4v) is 4.19. The number of carbonyl (C=O) groups excluding carboxylic acids is 1. The second-order valence-electron chi connectivity index (χ2n) is 7.76. The van der Waals surface area contributed by atoms with E-state index in [1.165, 1.54) is 0 Å². The molecule has 0 spiro atoms. The predicted molar refractivity (Wildman–Crippen MR) is 114 cm³/mol. The smallest absolute Gasteiger partial charge is 0.335 e. The number of benzene rings is 2. The van der Waals surface area contributed by atoms with Crippen LogP contribution in [0.5, 0.6) is 11.5 Å². The normalized spacial score (nSPS) is 18.5. The van der Waals surface area contributed by atoms with Crippen LogP contribution in [0, 0.1) is 11.8 Å². The minimum absolute atomic E-state index is 0.0230. The Hall–Kier alpha value is -3.02. The highest BCUT2D eigenvalue weighted by molar-refractivity contribution is 5.87. The first-order valence-electron chi connectivity index (χ1n) is 10.3. The van der Waals surface area contributed by atoms with Crippen molar-refractivity contribution in [1.82, 2.24) is 5.32 Å². The molecule has 0 bridgehead atoms. The van der Waals surface area contributed by atoms with E-state index in [1.807, 2.05) is 18.2 Å². The molecule has 0 aliphatic heterocycles. The topological polar surface area (TPSA) is 84.9 Å². The Morgan fingerprint density at radius 2 is 1.63 bits per heavy atom. The number of nitrogens with one attached hydrogen (secondary N) is 1. The van der Waals surface area contributed by atoms with Gasteiger partial charge in [-0.2, -0.15) is 0 Å². The quantitative estimate of drug-likeness (QED) is 0.684. The number of ether oxygens (including phenoxy) is 2. The van der Waals surface area contributed by atoms with Crippen molar-refractivity contribution in [2.24, 2.45) is 11.8 Å². The van der Waals surface area contributed by atoms with E-state index >= 15 is 0 Å². The molecule has 2 N–H and O–H groups in total. The minimum Gasteiger partial charge on any atom is -0.493 e. The lowest BCUT2D eigenvalue weighted by Crippen LogP contribution is -2.37. The third-order valence-corrected chi connectivity index (χ3v) is 5.86. The summed E-state index contributed by atoms with van der Waals surface area (Å²) in [6, 6.07) is 12.5. The Kier molecular flexibility index (Phi) is 7.33. The van der Waals surface area contributed by atoms with Gasteiger partial charge in [-0.05, 0) is 60.6 Å². The highest BCUT2D eigenvalue weighted by atomic mass is 16.5. The molecule has 0 radical (unpaired) electrons. The summed E-state index contributed by atoms with van der Waals surface area (Å²) in [5.74, 6) is 0.786. The lowest BCUT2D eigenvalue weighted by Gasteiger charge is -2.31. The maximum absolute atomic E-state index is 12.9. The third-order valence-electron chi connectivity index (χ3n) is 5.86. The molecular formula is C24H29NO5. The van der Waals surface area contributed by atoms with Gasteiger partial charge >= 0.3 is 5.97 Å². The van der Waals surface area contributed by atoms with Crippen LogP contribution < -0.4 is 14.8 Å². The Balaban J connectivity index is 1.63. The van der Waals surface area contributed by atoms with E-state index in [-0.39, 0.29) is 23.3 Å². The molecule has 2 atom stereocenters. The summed E-state index contributed by atoms with van der Waals surface area (Å²) in [4.78, 5) is 23.9. The van der Waals surface area contributed by atoms with Crippen molar-refractivity contribution < 1.29 is 24.2 Å². The predicted octanol–water partition coefficient (Wildman–Crippen LogP) is 4.07. The van der Waals surface area contributed by atoms with Crippen molar-refractivity contribution in [3.8, 4) is 11.5 Å². The maximum Gasteiger partial charge on any atom is 0.335 e. The van der Waals surface area contributed by atoms with Gasteiger partial charge in [0.05, 0.1) is 19.8 Å². The van der Waals surface area contributed by atoms with Gasteiger partial charge < -0.3 is 19.9 Å². The summed E-state index contributed by atoms with van der Waals surface area (Å²) in [7, 11) is 3.25. The number of rotatable bonds is 8. The monoisotopic (exact) mass is 411 g/mol. The van der Waals surface area contributed by atoms with Crippen LogP contribution in [0.25, 0.3) is 0 Å². The molecule has 1 fully saturated rings. The van der Waals surface area contributed by atoms with E-state index in [0.717, 1.165) is 43.2 Å². The highest BCUT2D eigenvalue weighted by Gasteiger charge is 2.31. The number of hydrogen-bond donors (Lipinski definition) is 2. The fraction of sp³-hybridized carbons (Fsp3) is 0.417. The van der Waals surface area contributed by atoms with Crippen molar-refractivity contribution in [3.05, 3.63) is 59.2 Å². The average molecular weight is 411 g/mol. The van der Waals surface area contributed by atoms with Gasteiger partial charge in [0.1, 0.15) is 0 Å². The Bertz CT molecular complexity index is 878. The van der Waals surface area contributed by atoms with Gasteiger partial charge in [-0.3, -0.25) is 4.79 Å². The fourth-order valence-electron chi connectivity index (χ4n) is 4.19. The number of hydrogen-bond acceptors (Lipinski definition) is 4. The molecule has 6 nitrogen and oxygen atoms in total. The van der Waals surface area contributed by atoms with Crippen LogP contribution in [0.3, 0.4) is 0 Å². The highest BCUT2D eigenvalue weighted by Crippen LogP contribution is 2.35. The van der Waals surface area contributed by atoms with Crippen LogP contribution in [-0.4, -0.2) is 31.2 Å². The zero-order valence-electron chi connectivity index (χ0n) is 17.5. The zero-order valence-corrected chi connectivity index (χ0v) is 17.5. The molecule has 2 aromatic carbocycles. The molecule has 0 saturated heterocycles. The molecule has 0 heterocycles. The number of amides is 1. The molecule has 1 amide bonds. The first kappa shape index (κ1) is 21.7. The molecule has 3 rings (SSSR count). The minimum atomic E-state index is -0.953. The number of methoxy groups -OCH3 is 2. The van der Waals surface area contributed by atoms with Crippen LogP contribution >= 0.6 is 0 Å². The summed E-state index contributed by atoms with van der Waals surface area (Å²) < 4.78 is 10.7. The van der Waals surface area contributed by atoms with Crippen molar-refractivity contribution in [3.63, 3.8) is 0 Å². The number of carboxylic acid groups (broad SMARTS) is 1. The standard InChI is InChI=1S/C24H29NO5/c1-29-21-12-9-17(14-22(21)30-2)13-19-5-3-4-6-20(19)23(26)25-15-16-7-10-18(11-8-16)24(27)28/h7-12,14,19-20H,3-6,13,15H2,1-2H3,(H,25,26)(H,27,28). The van der Waals surface area contributed by atoms with Gasteiger partial charge in [-0.25, -0.2) is 4.79 Å². The molecule has 2 aromatic rings. The van der Waals surface area contributed by atoms with E-state index in [2.05, 4.69) is 5.32 Å². The summed E-state index contributed by atoms with van der Waals surface area (Å²) in [5, 5.41) is 12.0. The molecule has 1 aliphatic carbocycles. The third kappa shape index (κ3) is 5.32. The Morgan fingerprint density at radius 1 is 0.967 bits per heavy atom. The van der Waals surface area contributed by atoms with Crippen molar-refractivity contribution in [2.45, 2.75) is 38.6 Å². The van der Waals surface area contributed by atoms with Gasteiger partial charge in [-0.1, -0.05) is 31.0 Å². The van der Waals surface area contributed by atoms with Crippen molar-refractivity contribution >= 4 is 11.9 Å². The van der Waals surface area contributed by atoms with Crippen LogP contribution in [0.1, 0.15) is 47.2 Å². The van der Waals surface area contributed by atoms with Crippen LogP contribution in [0.4, 0.5) is 0 Å². The summed E-state index contributed by atoms with van der Waals surface area (Å²) >= 11 is 0. The van der Waals surface area contributed by atoms with E-state index in [0.29, 0.717) is 18.0 Å². The lowest BCUT2D eigenvalue weighted by atomic mass is 9.75. The molecular weight excluding hydrogens is 382 g/mol. The first-order valence-corrected chi connectivity index (χ1v) is 10.3. The number of aromatic carboxylic acids is 1. The molecule has 6 heteroatoms. The summed E-state index contributed by atoms with van der Waals surface area (Å²) in [5.41, 5.74) is 2.27. The number of carboxylic acids is 1. The molecule has 160 valence electrons. The van der Waals surface area contributed by atoms with Crippen molar-refractivity contribution in [2.75, 3.05) is 14.2 Å². The SMILES string of the molecule is COc1ccc(CC2CCCCC2C(=O)NCc2ccc(C(=O)O)cc2)cc1OC. The maximum atomic E-state index is 12.9. The van der Waals surface area contributed by atoms with Gasteiger partial charge in [0.2, 0.25) is 5.91 Å². The van der Waals surface area contributed by atoms with Crippen LogP contribution in [-0.2, 0) is 17.8 Å². The zero-order chi connectivity index (χ0) is 21.5. The van der Waals surface area contributed by atoms with Gasteiger partial charge in [0.15, 0.2) is 11.5 Å². The summed E-state index contributed by atoms with van der Waals surface area (Å²) in [6.07, 6.45) is 4.94. The van der Waals surface area contributed by atoms with Crippen LogP contribution in [0.15, 0.2) is 42.5 Å². The molecule has 2 unspecified atom stereocenters.